The molecule has 1 N–H and O–H groups in total. The van der Waals surface area contributed by atoms with Crippen LogP contribution in [0.3, 0.4) is 0 Å². The van der Waals surface area contributed by atoms with Crippen LogP contribution in [0.15, 0.2) is 0 Å². The van der Waals surface area contributed by atoms with Gasteiger partial charge in [-0.2, -0.15) is 23.5 Å². The molecule has 0 aromatic carbocycles. The number of nitrogens with one attached hydrogen (secondary N) is 1. The maximum atomic E-state index is 11.2. The molecule has 0 aliphatic carbocycles. The van der Waals surface area contributed by atoms with Crippen LogP contribution >= 0.6 is 23.5 Å². The molecule has 3 nitrogen and oxygen atoms in total. The van der Waals surface area contributed by atoms with Crippen molar-refractivity contribution in [3.63, 3.8) is 0 Å². The number of sulfone groups is 1. The van der Waals surface area contributed by atoms with Crippen molar-refractivity contribution in [3.05, 3.63) is 0 Å². The normalized spacial score (nSPS) is 27.9. The van der Waals surface area contributed by atoms with E-state index < -0.39 is 9.84 Å². The zero-order valence-corrected chi connectivity index (χ0v) is 13.3. The minimum Gasteiger partial charge on any atom is -0.316 e. The second-order valence-electron chi connectivity index (χ2n) is 4.47. The van der Waals surface area contributed by atoms with Gasteiger partial charge in [0.25, 0.3) is 0 Å². The fourth-order valence-corrected chi connectivity index (χ4v) is 6.15. The van der Waals surface area contributed by atoms with Crippen molar-refractivity contribution in [3.8, 4) is 0 Å². The lowest BCUT2D eigenvalue weighted by atomic mass is 10.1. The van der Waals surface area contributed by atoms with Crippen LogP contribution in [0, 0.1) is 0 Å². The predicted molar refractivity (Wildman–Crippen MR) is 80.0 cm³/mol. The molecule has 1 rings (SSSR count). The summed E-state index contributed by atoms with van der Waals surface area (Å²) in [5, 5.41) is 4.51. The smallest absolute Gasteiger partial charge is 0.147 e. The summed E-state index contributed by atoms with van der Waals surface area (Å²) in [5.41, 5.74) is 0. The number of rotatable bonds is 6. The molecule has 0 aromatic rings. The van der Waals surface area contributed by atoms with Crippen LogP contribution in [0.2, 0.25) is 0 Å². The van der Waals surface area contributed by atoms with Gasteiger partial charge in [-0.3, -0.25) is 0 Å². The second kappa shape index (κ2) is 7.26. The molecule has 3 unspecified atom stereocenters. The highest BCUT2D eigenvalue weighted by molar-refractivity contribution is 8.07. The van der Waals surface area contributed by atoms with E-state index in [1.165, 1.54) is 24.2 Å². The Morgan fingerprint density at radius 3 is 2.53 bits per heavy atom. The maximum absolute atomic E-state index is 11.2. The van der Waals surface area contributed by atoms with Crippen LogP contribution in [-0.4, -0.2) is 55.5 Å². The van der Waals surface area contributed by atoms with Crippen molar-refractivity contribution < 1.29 is 8.42 Å². The standard InChI is InChI=1S/C11H23NO2S3/c1-4-10-11(16-7-6-15-10)9(12-2)5-8-17(3,13)14/h9-12H,4-8H2,1-3H3. The van der Waals surface area contributed by atoms with Gasteiger partial charge in [0.15, 0.2) is 0 Å². The minimum atomic E-state index is -2.85. The van der Waals surface area contributed by atoms with Gasteiger partial charge in [-0.1, -0.05) is 6.92 Å². The highest BCUT2D eigenvalue weighted by atomic mass is 32.2. The number of hydrogen-bond acceptors (Lipinski definition) is 5. The van der Waals surface area contributed by atoms with Crippen LogP contribution in [0.1, 0.15) is 19.8 Å². The predicted octanol–water partition coefficient (Wildman–Crippen LogP) is 1.64. The molecule has 1 fully saturated rings. The largest absolute Gasteiger partial charge is 0.316 e. The van der Waals surface area contributed by atoms with Crippen molar-refractivity contribution in [1.82, 2.24) is 5.32 Å². The number of hydrogen-bond donors (Lipinski definition) is 1. The second-order valence-corrected chi connectivity index (χ2v) is 9.36. The summed E-state index contributed by atoms with van der Waals surface area (Å²) in [4.78, 5) is 0. The van der Waals surface area contributed by atoms with Crippen molar-refractivity contribution >= 4 is 33.4 Å². The fourth-order valence-electron chi connectivity index (χ4n) is 2.13. The molecular formula is C11H23NO2S3. The average Bonchev–Trinajstić information content (AvgIpc) is 2.29. The Hall–Kier alpha value is 0.610. The van der Waals surface area contributed by atoms with Gasteiger partial charge < -0.3 is 5.32 Å². The van der Waals surface area contributed by atoms with Crippen LogP contribution in [0.25, 0.3) is 0 Å². The Morgan fingerprint density at radius 1 is 1.35 bits per heavy atom. The summed E-state index contributed by atoms with van der Waals surface area (Å²) < 4.78 is 22.5. The van der Waals surface area contributed by atoms with Gasteiger partial charge in [-0.05, 0) is 19.9 Å². The molecule has 0 amide bonds. The van der Waals surface area contributed by atoms with Crippen LogP contribution in [0.4, 0.5) is 0 Å². The first-order chi connectivity index (χ1) is 7.98. The molecule has 0 bridgehead atoms. The molecule has 0 spiro atoms. The Balaban J connectivity index is 2.58. The van der Waals surface area contributed by atoms with Crippen molar-refractivity contribution in [2.24, 2.45) is 0 Å². The number of thioether (sulfide) groups is 2. The fraction of sp³-hybridized carbons (Fsp3) is 1.00. The monoisotopic (exact) mass is 297 g/mol. The van der Waals surface area contributed by atoms with E-state index in [-0.39, 0.29) is 5.75 Å². The van der Waals surface area contributed by atoms with Gasteiger partial charge in [0.1, 0.15) is 9.84 Å². The summed E-state index contributed by atoms with van der Waals surface area (Å²) >= 11 is 4.04. The van der Waals surface area contributed by atoms with E-state index in [1.807, 2.05) is 30.6 Å². The first kappa shape index (κ1) is 15.7. The van der Waals surface area contributed by atoms with E-state index in [9.17, 15) is 8.42 Å². The summed E-state index contributed by atoms with van der Waals surface area (Å²) in [6, 6.07) is 0.312. The lowest BCUT2D eigenvalue weighted by Crippen LogP contribution is -2.44. The Kier molecular flexibility index (Phi) is 6.69. The van der Waals surface area contributed by atoms with Crippen molar-refractivity contribution in [2.45, 2.75) is 36.3 Å². The molecule has 1 aliphatic heterocycles. The molecular weight excluding hydrogens is 274 g/mol. The third-order valence-corrected chi connectivity index (χ3v) is 7.45. The van der Waals surface area contributed by atoms with Gasteiger partial charge >= 0.3 is 0 Å². The van der Waals surface area contributed by atoms with Crippen LogP contribution in [-0.2, 0) is 9.84 Å². The van der Waals surface area contributed by atoms with Crippen LogP contribution in [0.5, 0.6) is 0 Å². The molecule has 0 aromatic heterocycles. The third kappa shape index (κ3) is 5.41. The first-order valence-electron chi connectivity index (χ1n) is 6.06. The topological polar surface area (TPSA) is 46.2 Å². The van der Waals surface area contributed by atoms with E-state index in [0.717, 1.165) is 6.42 Å². The summed E-state index contributed by atoms with van der Waals surface area (Å²) in [5.74, 6) is 2.70. The lowest BCUT2D eigenvalue weighted by Gasteiger charge is -2.35. The Labute approximate surface area is 114 Å². The van der Waals surface area contributed by atoms with E-state index in [4.69, 9.17) is 0 Å². The van der Waals surface area contributed by atoms with Crippen LogP contribution < -0.4 is 5.32 Å². The highest BCUT2D eigenvalue weighted by Gasteiger charge is 2.31. The molecule has 1 aliphatic rings. The Morgan fingerprint density at radius 2 is 2.00 bits per heavy atom. The molecule has 3 atom stereocenters. The van der Waals surface area contributed by atoms with E-state index >= 15 is 0 Å². The van der Waals surface area contributed by atoms with E-state index in [1.54, 1.807) is 0 Å². The minimum absolute atomic E-state index is 0.288. The van der Waals surface area contributed by atoms with E-state index in [0.29, 0.717) is 16.5 Å². The lowest BCUT2D eigenvalue weighted by molar-refractivity contribution is 0.503. The van der Waals surface area contributed by atoms with Gasteiger partial charge in [0, 0.05) is 34.3 Å². The molecule has 1 saturated heterocycles. The van der Waals surface area contributed by atoms with Crippen molar-refractivity contribution in [2.75, 3.05) is 30.6 Å². The Bertz CT molecular complexity index is 319. The summed E-state index contributed by atoms with van der Waals surface area (Å²) in [6.07, 6.45) is 3.21. The quantitative estimate of drug-likeness (QED) is 0.807. The summed E-state index contributed by atoms with van der Waals surface area (Å²) in [7, 11) is -0.904. The first-order valence-corrected chi connectivity index (χ1v) is 10.2. The summed E-state index contributed by atoms with van der Waals surface area (Å²) in [6.45, 7) is 2.22. The highest BCUT2D eigenvalue weighted by Crippen LogP contribution is 2.35. The van der Waals surface area contributed by atoms with Crippen molar-refractivity contribution in [1.29, 1.82) is 0 Å². The maximum Gasteiger partial charge on any atom is 0.147 e. The average molecular weight is 298 g/mol. The molecule has 17 heavy (non-hydrogen) atoms. The molecule has 102 valence electrons. The van der Waals surface area contributed by atoms with Gasteiger partial charge in [-0.25, -0.2) is 8.42 Å². The van der Waals surface area contributed by atoms with Gasteiger partial charge in [0.2, 0.25) is 0 Å². The van der Waals surface area contributed by atoms with Gasteiger partial charge in [0.05, 0.1) is 5.75 Å². The zero-order valence-electron chi connectivity index (χ0n) is 10.8. The molecule has 0 radical (unpaired) electrons. The van der Waals surface area contributed by atoms with Gasteiger partial charge in [-0.15, -0.1) is 0 Å². The SMILES string of the molecule is CCC1SCCSC1C(CCS(C)(=O)=O)NC. The molecule has 6 heteroatoms. The molecule has 1 heterocycles. The molecule has 0 saturated carbocycles. The van der Waals surface area contributed by atoms with E-state index in [2.05, 4.69) is 12.2 Å². The third-order valence-electron chi connectivity index (χ3n) is 3.06. The zero-order chi connectivity index (χ0) is 12.9.